The second-order valence-electron chi connectivity index (χ2n) is 5.93. The molecule has 2 aromatic rings. The molecule has 2 aromatic carbocycles. The van der Waals surface area contributed by atoms with Gasteiger partial charge in [0.1, 0.15) is 11.6 Å². The lowest BCUT2D eigenvalue weighted by molar-refractivity contribution is -0.147. The van der Waals surface area contributed by atoms with Crippen molar-refractivity contribution in [3.8, 4) is 5.75 Å². The number of hydrogen-bond donors (Lipinski definition) is 0. The zero-order valence-corrected chi connectivity index (χ0v) is 17.2. The summed E-state index contributed by atoms with van der Waals surface area (Å²) in [6.07, 6.45) is 2.39. The predicted molar refractivity (Wildman–Crippen MR) is 108 cm³/mol. The molecule has 0 saturated heterocycles. The Morgan fingerprint density at radius 3 is 2.57 bits per heavy atom. The van der Waals surface area contributed by atoms with E-state index in [2.05, 4.69) is 15.9 Å². The first kappa shape index (κ1) is 21.6. The van der Waals surface area contributed by atoms with E-state index in [0.29, 0.717) is 17.6 Å². The molecule has 0 unspecified atom stereocenters. The van der Waals surface area contributed by atoms with Gasteiger partial charge in [-0.3, -0.25) is 4.79 Å². The molecule has 1 amide bonds. The van der Waals surface area contributed by atoms with E-state index in [4.69, 9.17) is 9.47 Å². The average Bonchev–Trinajstić information content (AvgIpc) is 2.68. The molecule has 7 heteroatoms. The molecule has 0 aliphatic rings. The van der Waals surface area contributed by atoms with E-state index in [9.17, 15) is 14.0 Å². The first-order valence-corrected chi connectivity index (χ1v) is 9.44. The molecule has 0 aliphatic heterocycles. The van der Waals surface area contributed by atoms with Gasteiger partial charge >= 0.3 is 5.97 Å². The summed E-state index contributed by atoms with van der Waals surface area (Å²) in [4.78, 5) is 25.4. The van der Waals surface area contributed by atoms with E-state index in [1.165, 1.54) is 23.1 Å². The third-order valence-corrected chi connectivity index (χ3v) is 4.27. The van der Waals surface area contributed by atoms with Crippen LogP contribution in [0.1, 0.15) is 18.1 Å². The van der Waals surface area contributed by atoms with Gasteiger partial charge in [0, 0.05) is 29.7 Å². The number of nitrogens with zero attached hydrogens (tertiary/aromatic N) is 1. The quantitative estimate of drug-likeness (QED) is 0.447. The van der Waals surface area contributed by atoms with E-state index in [-0.39, 0.29) is 11.5 Å². The van der Waals surface area contributed by atoms with Gasteiger partial charge in [0.05, 0.1) is 6.61 Å². The molecular weight excluding hydrogens is 429 g/mol. The first-order valence-electron chi connectivity index (χ1n) is 8.64. The van der Waals surface area contributed by atoms with Crippen LogP contribution in [0.5, 0.6) is 5.75 Å². The zero-order chi connectivity index (χ0) is 20.5. The Labute approximate surface area is 171 Å². The lowest BCUT2D eigenvalue weighted by Crippen LogP contribution is -2.30. The minimum absolute atomic E-state index is 0.241. The summed E-state index contributed by atoms with van der Waals surface area (Å²) in [5.74, 6) is -0.757. The Morgan fingerprint density at radius 2 is 1.89 bits per heavy atom. The summed E-state index contributed by atoms with van der Waals surface area (Å²) < 4.78 is 24.6. The fourth-order valence-electron chi connectivity index (χ4n) is 2.31. The van der Waals surface area contributed by atoms with Gasteiger partial charge in [-0.1, -0.05) is 28.1 Å². The number of likely N-dealkylation sites (N-methyl/N-ethyl adjacent to an activating group) is 1. The number of benzene rings is 2. The molecule has 0 spiro atoms. The fourth-order valence-corrected chi connectivity index (χ4v) is 2.69. The van der Waals surface area contributed by atoms with Gasteiger partial charge in [0.25, 0.3) is 5.91 Å². The lowest BCUT2D eigenvalue weighted by Gasteiger charge is -2.17. The largest absolute Gasteiger partial charge is 0.494 e. The molecular formula is C21H21BrFNO4. The highest BCUT2D eigenvalue weighted by molar-refractivity contribution is 9.10. The Kier molecular flexibility index (Phi) is 8.19. The van der Waals surface area contributed by atoms with Gasteiger partial charge in [-0.15, -0.1) is 0 Å². The summed E-state index contributed by atoms with van der Waals surface area (Å²) in [5, 5.41) is 0. The Balaban J connectivity index is 1.82. The van der Waals surface area contributed by atoms with Crippen LogP contribution in [0.15, 0.2) is 53.0 Å². The highest BCUT2D eigenvalue weighted by atomic mass is 79.9. The molecule has 28 heavy (non-hydrogen) atoms. The molecule has 0 aliphatic carbocycles. The highest BCUT2D eigenvalue weighted by Crippen LogP contribution is 2.17. The molecule has 2 rings (SSSR count). The van der Waals surface area contributed by atoms with Crippen LogP contribution >= 0.6 is 15.9 Å². The normalized spacial score (nSPS) is 10.7. The molecule has 0 aromatic heterocycles. The Bertz CT molecular complexity index is 852. The van der Waals surface area contributed by atoms with E-state index in [1.54, 1.807) is 13.1 Å². The molecule has 0 saturated carbocycles. The summed E-state index contributed by atoms with van der Waals surface area (Å²) in [6.45, 7) is 2.48. The van der Waals surface area contributed by atoms with Crippen molar-refractivity contribution in [2.75, 3.05) is 20.3 Å². The van der Waals surface area contributed by atoms with Crippen molar-refractivity contribution < 1.29 is 23.5 Å². The highest BCUT2D eigenvalue weighted by Gasteiger charge is 2.12. The molecule has 0 bridgehead atoms. The lowest BCUT2D eigenvalue weighted by atomic mass is 10.2. The molecule has 0 heterocycles. The predicted octanol–water partition coefficient (Wildman–Crippen LogP) is 4.20. The van der Waals surface area contributed by atoms with Crippen molar-refractivity contribution in [1.82, 2.24) is 4.90 Å². The number of ether oxygens (including phenoxy) is 2. The van der Waals surface area contributed by atoms with Gasteiger partial charge < -0.3 is 14.4 Å². The van der Waals surface area contributed by atoms with Crippen molar-refractivity contribution in [3.63, 3.8) is 0 Å². The van der Waals surface area contributed by atoms with Crippen LogP contribution in [0.2, 0.25) is 0 Å². The number of amides is 1. The van der Waals surface area contributed by atoms with Gasteiger partial charge in [0.15, 0.2) is 6.61 Å². The minimum atomic E-state index is -0.720. The van der Waals surface area contributed by atoms with Crippen LogP contribution in [0, 0.1) is 5.82 Å². The number of esters is 1. The first-order chi connectivity index (χ1) is 13.4. The molecule has 0 atom stereocenters. The smallest absolute Gasteiger partial charge is 0.331 e. The van der Waals surface area contributed by atoms with E-state index < -0.39 is 18.4 Å². The topological polar surface area (TPSA) is 55.8 Å². The molecule has 0 radical (unpaired) electrons. The van der Waals surface area contributed by atoms with Crippen molar-refractivity contribution >= 4 is 33.9 Å². The standard InChI is InChI=1S/C21H21BrFNO4/c1-3-27-18-8-4-15(5-9-18)13-24(2)20(25)14-28-21(26)11-6-16-12-17(22)7-10-19(16)23/h4-12H,3,13-14H2,1-2H3/b11-6+. The second kappa shape index (κ2) is 10.6. The van der Waals surface area contributed by atoms with Crippen LogP contribution in [-0.2, 0) is 20.9 Å². The third-order valence-electron chi connectivity index (χ3n) is 3.77. The molecule has 5 nitrogen and oxygen atoms in total. The Morgan fingerprint density at radius 1 is 1.18 bits per heavy atom. The number of carbonyl (C=O) groups is 2. The van der Waals surface area contributed by atoms with Gasteiger partial charge in [-0.05, 0) is 48.9 Å². The number of rotatable bonds is 8. The van der Waals surface area contributed by atoms with Crippen LogP contribution in [0.4, 0.5) is 4.39 Å². The number of carbonyl (C=O) groups excluding carboxylic acids is 2. The molecule has 0 N–H and O–H groups in total. The van der Waals surface area contributed by atoms with Gasteiger partial charge in [-0.2, -0.15) is 0 Å². The fraction of sp³-hybridized carbons (Fsp3) is 0.238. The number of halogens is 2. The zero-order valence-electron chi connectivity index (χ0n) is 15.7. The monoisotopic (exact) mass is 449 g/mol. The Hall–Kier alpha value is -2.67. The minimum Gasteiger partial charge on any atom is -0.494 e. The van der Waals surface area contributed by atoms with Crippen LogP contribution in [0.3, 0.4) is 0 Å². The van der Waals surface area contributed by atoms with E-state index in [1.807, 2.05) is 31.2 Å². The number of hydrogen-bond acceptors (Lipinski definition) is 4. The van der Waals surface area contributed by atoms with Gasteiger partial charge in [-0.25, -0.2) is 9.18 Å². The van der Waals surface area contributed by atoms with Crippen LogP contribution < -0.4 is 4.74 Å². The van der Waals surface area contributed by atoms with E-state index in [0.717, 1.165) is 17.4 Å². The second-order valence-corrected chi connectivity index (χ2v) is 6.85. The van der Waals surface area contributed by atoms with Crippen LogP contribution in [-0.4, -0.2) is 37.0 Å². The maximum absolute atomic E-state index is 13.6. The SMILES string of the molecule is CCOc1ccc(CN(C)C(=O)COC(=O)/C=C/c2cc(Br)ccc2F)cc1. The van der Waals surface area contributed by atoms with E-state index >= 15 is 0 Å². The van der Waals surface area contributed by atoms with Crippen molar-refractivity contribution in [2.24, 2.45) is 0 Å². The van der Waals surface area contributed by atoms with Crippen molar-refractivity contribution in [1.29, 1.82) is 0 Å². The molecule has 148 valence electrons. The summed E-state index contributed by atoms with van der Waals surface area (Å²) in [6, 6.07) is 11.8. The maximum atomic E-state index is 13.6. The average molecular weight is 450 g/mol. The van der Waals surface area contributed by atoms with Gasteiger partial charge in [0.2, 0.25) is 0 Å². The summed E-state index contributed by atoms with van der Waals surface area (Å²) in [7, 11) is 1.62. The summed E-state index contributed by atoms with van der Waals surface area (Å²) >= 11 is 3.23. The summed E-state index contributed by atoms with van der Waals surface area (Å²) in [5.41, 5.74) is 1.17. The molecule has 0 fully saturated rings. The van der Waals surface area contributed by atoms with Crippen molar-refractivity contribution in [2.45, 2.75) is 13.5 Å². The third kappa shape index (κ3) is 6.81. The maximum Gasteiger partial charge on any atom is 0.331 e. The van der Waals surface area contributed by atoms with Crippen molar-refractivity contribution in [3.05, 3.63) is 70.0 Å². The van der Waals surface area contributed by atoms with Crippen LogP contribution in [0.25, 0.3) is 6.08 Å².